The molecule has 0 aliphatic heterocycles. The lowest BCUT2D eigenvalue weighted by molar-refractivity contribution is 0.723. The molecule has 0 N–H and O–H groups in total. The van der Waals surface area contributed by atoms with Crippen LogP contribution in [0.4, 0.5) is 0 Å². The zero-order valence-electron chi connectivity index (χ0n) is 11.6. The Hall–Kier alpha value is -1.74. The molecule has 1 aromatic heterocycles. The summed E-state index contributed by atoms with van der Waals surface area (Å²) in [6.45, 7) is 5.78. The Balaban J connectivity index is 2.37. The van der Waals surface area contributed by atoms with Crippen molar-refractivity contribution >= 4 is 17.2 Å². The van der Waals surface area contributed by atoms with Crippen LogP contribution in [0.25, 0.3) is 5.57 Å². The number of allylic oxidation sites excluding steroid dienone is 7. The van der Waals surface area contributed by atoms with Gasteiger partial charge in [-0.25, -0.2) is 9.97 Å². The summed E-state index contributed by atoms with van der Waals surface area (Å²) in [5, 5.41) is 0.255. The number of rotatable bonds is 5. The lowest BCUT2D eigenvalue weighted by Crippen LogP contribution is -2.07. The molecule has 1 aromatic rings. The second kappa shape index (κ2) is 7.15. The van der Waals surface area contributed by atoms with E-state index in [4.69, 9.17) is 11.6 Å². The lowest BCUT2D eigenvalue weighted by atomic mass is 10.0. The van der Waals surface area contributed by atoms with E-state index in [2.05, 4.69) is 34.5 Å². The van der Waals surface area contributed by atoms with E-state index in [1.807, 2.05) is 24.3 Å². The Morgan fingerprint density at radius 2 is 2.25 bits per heavy atom. The first kappa shape index (κ1) is 14.7. The molecule has 2 rings (SSSR count). The second-order valence-electron chi connectivity index (χ2n) is 4.58. The lowest BCUT2D eigenvalue weighted by Gasteiger charge is -2.12. The SMILES string of the molecule is C=C/C=C\C(CC)c1nc(Cl)nc(C2=CC=CCC2)n1. The predicted molar refractivity (Wildman–Crippen MR) is 83.6 cm³/mol. The Kier molecular flexibility index (Phi) is 5.24. The van der Waals surface area contributed by atoms with Gasteiger partial charge in [0, 0.05) is 5.92 Å². The van der Waals surface area contributed by atoms with Crippen LogP contribution in [0.2, 0.25) is 5.28 Å². The minimum atomic E-state index is 0.131. The van der Waals surface area contributed by atoms with Crippen LogP contribution >= 0.6 is 11.6 Å². The molecule has 0 radical (unpaired) electrons. The number of halogens is 1. The fourth-order valence-electron chi connectivity index (χ4n) is 2.08. The van der Waals surface area contributed by atoms with Gasteiger partial charge in [-0.15, -0.1) is 0 Å². The fourth-order valence-corrected chi connectivity index (χ4v) is 2.25. The van der Waals surface area contributed by atoms with Crippen molar-refractivity contribution in [1.29, 1.82) is 0 Å². The number of aromatic nitrogens is 3. The summed E-state index contributed by atoms with van der Waals surface area (Å²) in [5.74, 6) is 1.54. The first-order valence-electron chi connectivity index (χ1n) is 6.81. The highest BCUT2D eigenvalue weighted by Crippen LogP contribution is 2.24. The molecule has 1 heterocycles. The summed E-state index contributed by atoms with van der Waals surface area (Å²) in [6.07, 6.45) is 14.8. The molecule has 4 heteroatoms. The van der Waals surface area contributed by atoms with Gasteiger partial charge in [-0.3, -0.25) is 0 Å². The highest BCUT2D eigenvalue weighted by Gasteiger charge is 2.15. The van der Waals surface area contributed by atoms with Crippen LogP contribution in [0, 0.1) is 0 Å². The summed E-state index contributed by atoms with van der Waals surface area (Å²) in [4.78, 5) is 13.1. The molecule has 0 aromatic carbocycles. The van der Waals surface area contributed by atoms with Crippen molar-refractivity contribution in [3.05, 3.63) is 60.0 Å². The van der Waals surface area contributed by atoms with E-state index in [9.17, 15) is 0 Å². The van der Waals surface area contributed by atoms with Crippen LogP contribution in [0.3, 0.4) is 0 Å². The second-order valence-corrected chi connectivity index (χ2v) is 4.92. The summed E-state index contributed by atoms with van der Waals surface area (Å²) in [5.41, 5.74) is 1.11. The average molecular weight is 288 g/mol. The summed E-state index contributed by atoms with van der Waals surface area (Å²) >= 11 is 6.05. The molecule has 0 saturated carbocycles. The largest absolute Gasteiger partial charge is 0.226 e. The molecule has 0 fully saturated rings. The van der Waals surface area contributed by atoms with Gasteiger partial charge in [-0.05, 0) is 36.4 Å². The topological polar surface area (TPSA) is 38.7 Å². The molecule has 1 aliphatic carbocycles. The van der Waals surface area contributed by atoms with E-state index in [0.29, 0.717) is 5.82 Å². The van der Waals surface area contributed by atoms with E-state index in [0.717, 1.165) is 30.7 Å². The molecular weight excluding hydrogens is 270 g/mol. The van der Waals surface area contributed by atoms with Crippen molar-refractivity contribution in [2.45, 2.75) is 32.1 Å². The van der Waals surface area contributed by atoms with Crippen molar-refractivity contribution in [2.24, 2.45) is 0 Å². The maximum atomic E-state index is 6.05. The van der Waals surface area contributed by atoms with Gasteiger partial charge in [0.25, 0.3) is 0 Å². The Bertz CT molecular complexity index is 573. The molecular formula is C16H18ClN3. The van der Waals surface area contributed by atoms with Crippen molar-refractivity contribution in [3.8, 4) is 0 Å². The molecule has 1 unspecified atom stereocenters. The first-order valence-corrected chi connectivity index (χ1v) is 7.19. The van der Waals surface area contributed by atoms with Gasteiger partial charge in [-0.2, -0.15) is 4.98 Å². The fraction of sp³-hybridized carbons (Fsp3) is 0.312. The minimum absolute atomic E-state index is 0.131. The minimum Gasteiger partial charge on any atom is -0.213 e. The smallest absolute Gasteiger partial charge is 0.213 e. The molecule has 1 aliphatic rings. The zero-order chi connectivity index (χ0) is 14.4. The Morgan fingerprint density at radius 3 is 2.90 bits per heavy atom. The van der Waals surface area contributed by atoms with Crippen LogP contribution in [-0.2, 0) is 0 Å². The third-order valence-corrected chi connectivity index (χ3v) is 3.35. The molecule has 104 valence electrons. The molecule has 3 nitrogen and oxygen atoms in total. The summed E-state index contributed by atoms with van der Waals surface area (Å²) < 4.78 is 0. The number of hydrogen-bond donors (Lipinski definition) is 0. The monoisotopic (exact) mass is 287 g/mol. The standard InChI is InChI=1S/C16H18ClN3/c1-3-5-9-12(4-2)14-18-15(20-16(17)19-14)13-10-7-6-8-11-13/h3,5-7,9-10,12H,1,4,8,11H2,2H3/b9-5-. The summed E-state index contributed by atoms with van der Waals surface area (Å²) in [6, 6.07) is 0. The van der Waals surface area contributed by atoms with Crippen molar-refractivity contribution in [3.63, 3.8) is 0 Å². The molecule has 1 atom stereocenters. The van der Waals surface area contributed by atoms with Crippen LogP contribution in [-0.4, -0.2) is 15.0 Å². The van der Waals surface area contributed by atoms with Crippen LogP contribution in [0.15, 0.2) is 43.0 Å². The zero-order valence-corrected chi connectivity index (χ0v) is 12.3. The predicted octanol–water partition coefficient (Wildman–Crippen LogP) is 4.49. The van der Waals surface area contributed by atoms with Gasteiger partial charge in [0.15, 0.2) is 5.82 Å². The van der Waals surface area contributed by atoms with E-state index in [1.54, 1.807) is 6.08 Å². The Morgan fingerprint density at radius 1 is 1.40 bits per heavy atom. The van der Waals surface area contributed by atoms with Gasteiger partial charge in [0.2, 0.25) is 5.28 Å². The van der Waals surface area contributed by atoms with Crippen molar-refractivity contribution in [1.82, 2.24) is 15.0 Å². The molecule has 0 saturated heterocycles. The Labute approximate surface area is 124 Å². The number of hydrogen-bond acceptors (Lipinski definition) is 3. The van der Waals surface area contributed by atoms with Crippen LogP contribution in [0.5, 0.6) is 0 Å². The molecule has 0 spiro atoms. The normalized spacial score (nSPS) is 16.2. The van der Waals surface area contributed by atoms with E-state index >= 15 is 0 Å². The van der Waals surface area contributed by atoms with Gasteiger partial charge in [0.05, 0.1) is 0 Å². The highest BCUT2D eigenvalue weighted by atomic mass is 35.5. The highest BCUT2D eigenvalue weighted by molar-refractivity contribution is 6.28. The van der Waals surface area contributed by atoms with Crippen LogP contribution in [0.1, 0.15) is 43.8 Å². The van der Waals surface area contributed by atoms with Crippen molar-refractivity contribution < 1.29 is 0 Å². The molecule has 0 bridgehead atoms. The molecule has 0 amide bonds. The van der Waals surface area contributed by atoms with E-state index in [-0.39, 0.29) is 11.2 Å². The maximum Gasteiger partial charge on any atom is 0.226 e. The third-order valence-electron chi connectivity index (χ3n) is 3.18. The van der Waals surface area contributed by atoms with E-state index < -0.39 is 0 Å². The van der Waals surface area contributed by atoms with E-state index in [1.165, 1.54) is 0 Å². The van der Waals surface area contributed by atoms with Crippen LogP contribution < -0.4 is 0 Å². The third kappa shape index (κ3) is 3.64. The maximum absolute atomic E-state index is 6.05. The van der Waals surface area contributed by atoms with Gasteiger partial charge >= 0.3 is 0 Å². The van der Waals surface area contributed by atoms with Gasteiger partial charge in [0.1, 0.15) is 5.82 Å². The van der Waals surface area contributed by atoms with Gasteiger partial charge < -0.3 is 0 Å². The van der Waals surface area contributed by atoms with Crippen molar-refractivity contribution in [2.75, 3.05) is 0 Å². The quantitative estimate of drug-likeness (QED) is 0.749. The average Bonchev–Trinajstić information content (AvgIpc) is 2.48. The van der Waals surface area contributed by atoms with Gasteiger partial charge in [-0.1, -0.05) is 50.0 Å². The summed E-state index contributed by atoms with van der Waals surface area (Å²) in [7, 11) is 0. The number of nitrogens with zero attached hydrogens (tertiary/aromatic N) is 3. The molecule has 20 heavy (non-hydrogen) atoms. The first-order chi connectivity index (χ1) is 9.74.